The van der Waals surface area contributed by atoms with Gasteiger partial charge in [-0.25, -0.2) is 9.97 Å². The van der Waals surface area contributed by atoms with Crippen LogP contribution in [0.25, 0.3) is 0 Å². The third-order valence-electron chi connectivity index (χ3n) is 18.1. The number of pyridine rings is 2. The van der Waals surface area contributed by atoms with E-state index in [1.807, 2.05) is 29.2 Å². The number of ether oxygens (including phenoxy) is 1. The topological polar surface area (TPSA) is 174 Å². The number of aliphatic carboxylic acids is 1. The molecule has 0 aromatic carbocycles. The number of hydrogen-bond donors (Lipinski definition) is 4. The lowest BCUT2D eigenvalue weighted by Crippen LogP contribution is -2.62. The maximum Gasteiger partial charge on any atom is 0.310 e. The Bertz CT molecular complexity index is 2270. The van der Waals surface area contributed by atoms with E-state index < -0.39 is 23.1 Å². The highest BCUT2D eigenvalue weighted by molar-refractivity contribution is 7.99. The smallest absolute Gasteiger partial charge is 0.310 e. The average molecular weight is 969 g/mol. The molecule has 11 fully saturated rings. The van der Waals surface area contributed by atoms with Gasteiger partial charge in [0.1, 0.15) is 27.3 Å². The molecule has 4 heterocycles. The molecule has 2 aromatic rings. The highest BCUT2D eigenvalue weighted by Gasteiger charge is 2.64. The summed E-state index contributed by atoms with van der Waals surface area (Å²) in [6.07, 6.45) is 11.9. The summed E-state index contributed by atoms with van der Waals surface area (Å²) in [6.45, 7) is 11.4. The quantitative estimate of drug-likeness (QED) is 0.0890. The van der Waals surface area contributed by atoms with E-state index >= 15 is 0 Å². The summed E-state index contributed by atoms with van der Waals surface area (Å²) in [5.41, 5.74) is 0.212. The lowest BCUT2D eigenvalue weighted by Gasteiger charge is -2.59. The number of carboxylic acid groups (broad SMARTS) is 1. The minimum Gasteiger partial charge on any atom is -0.481 e. The predicted octanol–water partition coefficient (Wildman–Crippen LogP) is 7.94. The van der Waals surface area contributed by atoms with E-state index in [0.29, 0.717) is 71.2 Å². The lowest BCUT2D eigenvalue weighted by molar-refractivity contribution is -0.192. The lowest BCUT2D eigenvalue weighted by atomic mass is 9.52. The van der Waals surface area contributed by atoms with Gasteiger partial charge in [0.2, 0.25) is 0 Å². The summed E-state index contributed by atoms with van der Waals surface area (Å²) in [7, 11) is 0. The normalized spacial score (nSPS) is 37.0. The molecule has 13 nitrogen and oxygen atoms in total. The number of thioether (sulfide) groups is 2. The minimum absolute atomic E-state index is 0.0208. The van der Waals surface area contributed by atoms with Crippen LogP contribution >= 0.6 is 23.5 Å². The molecule has 9 aliphatic carbocycles. The molecule has 2 aromatic heterocycles. The predicted molar refractivity (Wildman–Crippen MR) is 263 cm³/mol. The number of amides is 2. The van der Waals surface area contributed by atoms with Crippen molar-refractivity contribution in [1.29, 1.82) is 0 Å². The summed E-state index contributed by atoms with van der Waals surface area (Å²) in [5, 5.41) is 29.1. The van der Waals surface area contributed by atoms with Crippen LogP contribution in [0.15, 0.2) is 34.3 Å². The number of piperidine rings is 1. The van der Waals surface area contributed by atoms with Crippen molar-refractivity contribution in [2.24, 2.45) is 71.0 Å². The van der Waals surface area contributed by atoms with Crippen molar-refractivity contribution in [2.75, 3.05) is 47.5 Å². The molecule has 8 bridgehead atoms. The first-order chi connectivity index (χ1) is 32.6. The molecule has 11 aliphatic rings. The number of nitrogens with zero attached hydrogens (tertiary/aromatic N) is 4. The number of carbonyl (C=O) groups is 4. The number of carbonyl (C=O) groups excluding carboxylic acids is 3. The van der Waals surface area contributed by atoms with Gasteiger partial charge in [0.05, 0.1) is 28.6 Å². The Labute approximate surface area is 410 Å². The number of carboxylic acids is 1. The number of anilines is 2. The zero-order valence-electron chi connectivity index (χ0n) is 40.4. The van der Waals surface area contributed by atoms with Gasteiger partial charge in [-0.05, 0) is 178 Å². The third-order valence-corrected chi connectivity index (χ3v) is 20.1. The van der Waals surface area contributed by atoms with Crippen LogP contribution in [0.1, 0.15) is 132 Å². The molecule has 2 aliphatic heterocycles. The molecule has 0 radical (unpaired) electrons. The van der Waals surface area contributed by atoms with Crippen LogP contribution in [0.4, 0.5) is 11.6 Å². The SMILES string of the molecule is CC(C)CCSc1nc(N2C[C@@H]3C(C(=O)O[C@]45CC6CC(C4)[C@H](NC(=O)c4ccc(N7CCC(C(=O)O)C7)nc4SCCC(C)C)C(C6)C5)[C@@H]3C2)ccc1C(=O)N[C@H]1C2CC3C[C@@H]1C[C@@](O)(C3)C2. The van der Waals surface area contributed by atoms with Gasteiger partial charge in [-0.2, -0.15) is 0 Å². The fourth-order valence-electron chi connectivity index (χ4n) is 15.1. The van der Waals surface area contributed by atoms with Gasteiger partial charge in [-0.1, -0.05) is 27.7 Å². The number of hydrogen-bond acceptors (Lipinski definition) is 12. The Morgan fingerprint density at radius 1 is 0.706 bits per heavy atom. The van der Waals surface area contributed by atoms with E-state index in [-0.39, 0.29) is 59.5 Å². The van der Waals surface area contributed by atoms with Crippen LogP contribution < -0.4 is 20.4 Å². The standard InChI is InChI=1S/C53H72N6O7S2/c1-28(2)10-13-67-48-37(5-7-41(54-48)58-12-9-32(25-58)50(62)63)47(61)57-45-35-17-31-18-36(45)24-53(20-31,23-35)66-51(64)43-39-26-59(27-40(39)43)42-8-6-38(49(55-42)68-14-11-29(3)4)46(60)56-44-33-15-30-16-34(44)22-52(65,19-30)21-33/h5-8,28-36,39-40,43-45,65H,9-27H2,1-4H3,(H,56,60)(H,57,61)(H,62,63)/t30?,31?,32?,33-,34?,35?,36?,39-,40+,43?,44-,45-,52+,53+/m1/s1. The molecular formula is C53H72N6O7S2. The number of rotatable bonds is 17. The van der Waals surface area contributed by atoms with Crippen LogP contribution in [-0.4, -0.2) is 105 Å². The van der Waals surface area contributed by atoms with Gasteiger partial charge < -0.3 is 35.4 Å². The van der Waals surface area contributed by atoms with E-state index in [9.17, 15) is 29.4 Å². The summed E-state index contributed by atoms with van der Waals surface area (Å²) >= 11 is 3.28. The van der Waals surface area contributed by atoms with Crippen LogP contribution in [0, 0.1) is 71.0 Å². The summed E-state index contributed by atoms with van der Waals surface area (Å²) in [4.78, 5) is 68.5. The van der Waals surface area contributed by atoms with Gasteiger partial charge in [-0.15, -0.1) is 23.5 Å². The Morgan fingerprint density at radius 2 is 1.21 bits per heavy atom. The molecule has 11 atom stereocenters. The molecule has 6 unspecified atom stereocenters. The molecule has 368 valence electrons. The summed E-state index contributed by atoms with van der Waals surface area (Å²) in [5.74, 6) is 5.62. The van der Waals surface area contributed by atoms with Crippen molar-refractivity contribution < 1.29 is 34.1 Å². The van der Waals surface area contributed by atoms with E-state index in [4.69, 9.17) is 14.7 Å². The van der Waals surface area contributed by atoms with Crippen molar-refractivity contribution in [3.8, 4) is 0 Å². The molecule has 68 heavy (non-hydrogen) atoms. The van der Waals surface area contributed by atoms with Crippen LogP contribution in [0.5, 0.6) is 0 Å². The van der Waals surface area contributed by atoms with E-state index in [2.05, 4.69) is 43.2 Å². The molecule has 9 saturated carbocycles. The van der Waals surface area contributed by atoms with Crippen LogP contribution in [0.2, 0.25) is 0 Å². The monoisotopic (exact) mass is 968 g/mol. The highest BCUT2D eigenvalue weighted by atomic mass is 32.2. The molecule has 2 amide bonds. The second kappa shape index (κ2) is 18.2. The van der Waals surface area contributed by atoms with Crippen molar-refractivity contribution in [2.45, 2.75) is 145 Å². The average Bonchev–Trinajstić information content (AvgIpc) is 3.55. The number of aliphatic hydroxyl groups is 1. The maximum absolute atomic E-state index is 14.2. The van der Waals surface area contributed by atoms with E-state index in [1.165, 1.54) is 0 Å². The first-order valence-corrected chi connectivity index (χ1v) is 28.1. The van der Waals surface area contributed by atoms with Crippen molar-refractivity contribution in [3.63, 3.8) is 0 Å². The zero-order valence-corrected chi connectivity index (χ0v) is 42.0. The molecular weight excluding hydrogens is 897 g/mol. The Kier molecular flexibility index (Phi) is 12.6. The molecule has 13 rings (SSSR count). The van der Waals surface area contributed by atoms with E-state index in [0.717, 1.165) is 118 Å². The number of aromatic nitrogens is 2. The second-order valence-corrected chi connectivity index (χ2v) is 26.1. The second-order valence-electron chi connectivity index (χ2n) is 23.9. The fraction of sp³-hybridized carbons (Fsp3) is 0.736. The third kappa shape index (κ3) is 9.16. The van der Waals surface area contributed by atoms with Crippen molar-refractivity contribution in [1.82, 2.24) is 20.6 Å². The first kappa shape index (κ1) is 46.8. The minimum atomic E-state index is -0.778. The summed E-state index contributed by atoms with van der Waals surface area (Å²) < 4.78 is 6.68. The van der Waals surface area contributed by atoms with Gasteiger partial charge in [0, 0.05) is 38.3 Å². The van der Waals surface area contributed by atoms with Crippen molar-refractivity contribution in [3.05, 3.63) is 35.4 Å². The molecule has 15 heteroatoms. The first-order valence-electron chi connectivity index (χ1n) is 26.2. The number of nitrogens with one attached hydrogen (secondary N) is 2. The maximum atomic E-state index is 14.2. The van der Waals surface area contributed by atoms with Crippen LogP contribution in [-0.2, 0) is 14.3 Å². The van der Waals surface area contributed by atoms with Crippen LogP contribution in [0.3, 0.4) is 0 Å². The summed E-state index contributed by atoms with van der Waals surface area (Å²) in [6, 6.07) is 7.84. The highest BCUT2D eigenvalue weighted by Crippen LogP contribution is 2.60. The Balaban J connectivity index is 0.712. The zero-order chi connectivity index (χ0) is 47.2. The number of esters is 1. The van der Waals surface area contributed by atoms with Gasteiger partial charge in [0.25, 0.3) is 11.8 Å². The number of fused-ring (bicyclic) bond motifs is 1. The van der Waals surface area contributed by atoms with Gasteiger partial charge in [-0.3, -0.25) is 19.2 Å². The van der Waals surface area contributed by atoms with Gasteiger partial charge in [0.15, 0.2) is 0 Å². The largest absolute Gasteiger partial charge is 0.481 e. The fourth-order valence-corrected chi connectivity index (χ4v) is 17.6. The van der Waals surface area contributed by atoms with E-state index in [1.54, 1.807) is 23.5 Å². The molecule has 4 N–H and O–H groups in total. The van der Waals surface area contributed by atoms with Crippen molar-refractivity contribution >= 4 is 58.9 Å². The van der Waals surface area contributed by atoms with Gasteiger partial charge >= 0.3 is 11.9 Å². The Morgan fingerprint density at radius 3 is 1.69 bits per heavy atom. The molecule has 2 saturated heterocycles. The Hall–Kier alpha value is -3.56. The molecule has 0 spiro atoms.